The van der Waals surface area contributed by atoms with E-state index in [9.17, 15) is 9.18 Å². The number of hydrogen-bond acceptors (Lipinski definition) is 3. The summed E-state index contributed by atoms with van der Waals surface area (Å²) in [7, 11) is 1.65. The van der Waals surface area contributed by atoms with Gasteiger partial charge in [-0.1, -0.05) is 24.3 Å². The summed E-state index contributed by atoms with van der Waals surface area (Å²) in [5, 5.41) is 0. The molecule has 5 heteroatoms. The SMILES string of the molecule is COc1ccccc1N1CCN(C(=O)c2ccccc2F)CC1. The second-order valence-corrected chi connectivity index (χ2v) is 5.43. The van der Waals surface area contributed by atoms with Gasteiger partial charge in [-0.25, -0.2) is 4.39 Å². The second kappa shape index (κ2) is 6.69. The van der Waals surface area contributed by atoms with Gasteiger partial charge in [0.2, 0.25) is 0 Å². The Bertz CT molecular complexity index is 697. The highest BCUT2D eigenvalue weighted by atomic mass is 19.1. The predicted molar refractivity (Wildman–Crippen MR) is 87.5 cm³/mol. The summed E-state index contributed by atoms with van der Waals surface area (Å²) >= 11 is 0. The number of anilines is 1. The molecule has 1 fully saturated rings. The molecular formula is C18H19FN2O2. The van der Waals surface area contributed by atoms with Crippen LogP contribution in [0.4, 0.5) is 10.1 Å². The van der Waals surface area contributed by atoms with E-state index in [0.29, 0.717) is 26.2 Å². The minimum Gasteiger partial charge on any atom is -0.495 e. The molecule has 2 aromatic rings. The maximum absolute atomic E-state index is 13.8. The Balaban J connectivity index is 1.69. The van der Waals surface area contributed by atoms with Gasteiger partial charge in [-0.2, -0.15) is 0 Å². The minimum atomic E-state index is -0.468. The molecule has 120 valence electrons. The van der Waals surface area contributed by atoms with Gasteiger partial charge in [0, 0.05) is 26.2 Å². The van der Waals surface area contributed by atoms with Crippen molar-refractivity contribution >= 4 is 11.6 Å². The van der Waals surface area contributed by atoms with Crippen LogP contribution in [0, 0.1) is 5.82 Å². The van der Waals surface area contributed by atoms with E-state index in [1.807, 2.05) is 24.3 Å². The van der Waals surface area contributed by atoms with Gasteiger partial charge in [0.15, 0.2) is 0 Å². The van der Waals surface area contributed by atoms with Crippen LogP contribution >= 0.6 is 0 Å². The van der Waals surface area contributed by atoms with E-state index in [2.05, 4.69) is 4.90 Å². The lowest BCUT2D eigenvalue weighted by molar-refractivity contribution is 0.0742. The van der Waals surface area contributed by atoms with Gasteiger partial charge < -0.3 is 14.5 Å². The highest BCUT2D eigenvalue weighted by Gasteiger charge is 2.24. The van der Waals surface area contributed by atoms with Crippen LogP contribution in [0.25, 0.3) is 0 Å². The molecule has 0 aliphatic carbocycles. The first-order valence-electron chi connectivity index (χ1n) is 7.62. The van der Waals surface area contributed by atoms with Crippen molar-refractivity contribution in [1.82, 2.24) is 4.90 Å². The van der Waals surface area contributed by atoms with Crippen molar-refractivity contribution in [3.63, 3.8) is 0 Å². The Morgan fingerprint density at radius 2 is 1.65 bits per heavy atom. The first-order valence-corrected chi connectivity index (χ1v) is 7.62. The van der Waals surface area contributed by atoms with E-state index < -0.39 is 5.82 Å². The van der Waals surface area contributed by atoms with Crippen molar-refractivity contribution in [2.45, 2.75) is 0 Å². The molecule has 0 aromatic heterocycles. The zero-order valence-corrected chi connectivity index (χ0v) is 13.0. The van der Waals surface area contributed by atoms with Gasteiger partial charge in [-0.15, -0.1) is 0 Å². The molecule has 1 aliphatic heterocycles. The molecule has 0 bridgehead atoms. The number of rotatable bonds is 3. The van der Waals surface area contributed by atoms with Crippen molar-refractivity contribution in [3.8, 4) is 5.75 Å². The maximum Gasteiger partial charge on any atom is 0.256 e. The molecule has 0 atom stereocenters. The number of ether oxygens (including phenoxy) is 1. The topological polar surface area (TPSA) is 32.8 Å². The van der Waals surface area contributed by atoms with E-state index in [0.717, 1.165) is 11.4 Å². The van der Waals surface area contributed by atoms with Gasteiger partial charge in [-0.05, 0) is 24.3 Å². The standard InChI is InChI=1S/C18H19FN2O2/c1-23-17-9-5-4-8-16(17)20-10-12-21(13-11-20)18(22)14-6-2-3-7-15(14)19/h2-9H,10-13H2,1H3. The van der Waals surface area contributed by atoms with Crippen LogP contribution in [-0.4, -0.2) is 44.1 Å². The molecule has 0 spiro atoms. The average molecular weight is 314 g/mol. The van der Waals surface area contributed by atoms with Crippen LogP contribution in [0.1, 0.15) is 10.4 Å². The molecule has 3 rings (SSSR count). The predicted octanol–water partition coefficient (Wildman–Crippen LogP) is 2.80. The molecule has 2 aromatic carbocycles. The fraction of sp³-hybridized carbons (Fsp3) is 0.278. The van der Waals surface area contributed by atoms with Crippen molar-refractivity contribution in [3.05, 3.63) is 59.9 Å². The van der Waals surface area contributed by atoms with E-state index in [1.54, 1.807) is 24.1 Å². The number of hydrogen-bond donors (Lipinski definition) is 0. The Labute approximate surface area is 135 Å². The van der Waals surface area contributed by atoms with Crippen LogP contribution in [0.3, 0.4) is 0 Å². The van der Waals surface area contributed by atoms with Gasteiger partial charge in [0.25, 0.3) is 5.91 Å². The molecule has 0 N–H and O–H groups in total. The van der Waals surface area contributed by atoms with E-state index in [1.165, 1.54) is 12.1 Å². The molecule has 4 nitrogen and oxygen atoms in total. The van der Waals surface area contributed by atoms with Crippen LogP contribution in [0.5, 0.6) is 5.75 Å². The van der Waals surface area contributed by atoms with Gasteiger partial charge in [-0.3, -0.25) is 4.79 Å². The van der Waals surface area contributed by atoms with Crippen molar-refractivity contribution < 1.29 is 13.9 Å². The minimum absolute atomic E-state index is 0.137. The third-order valence-electron chi connectivity index (χ3n) is 4.10. The average Bonchev–Trinajstić information content (AvgIpc) is 2.61. The second-order valence-electron chi connectivity index (χ2n) is 5.43. The first kappa shape index (κ1) is 15.3. The third kappa shape index (κ3) is 3.13. The third-order valence-corrected chi connectivity index (χ3v) is 4.10. The van der Waals surface area contributed by atoms with Gasteiger partial charge >= 0.3 is 0 Å². The quantitative estimate of drug-likeness (QED) is 0.873. The molecule has 0 saturated carbocycles. The number of carbonyl (C=O) groups excluding carboxylic acids is 1. The molecule has 1 saturated heterocycles. The summed E-state index contributed by atoms with van der Waals surface area (Å²) in [4.78, 5) is 16.3. The summed E-state index contributed by atoms with van der Waals surface area (Å²) in [5.74, 6) is 0.105. The maximum atomic E-state index is 13.8. The fourth-order valence-electron chi connectivity index (χ4n) is 2.85. The number of benzene rings is 2. The molecule has 23 heavy (non-hydrogen) atoms. The number of halogens is 1. The molecule has 1 aliphatic rings. The largest absolute Gasteiger partial charge is 0.495 e. The van der Waals surface area contributed by atoms with Crippen LogP contribution < -0.4 is 9.64 Å². The summed E-state index contributed by atoms with van der Waals surface area (Å²) in [6, 6.07) is 13.9. The van der Waals surface area contributed by atoms with Crippen molar-refractivity contribution in [2.75, 3.05) is 38.2 Å². The number of piperazine rings is 1. The lowest BCUT2D eigenvalue weighted by Crippen LogP contribution is -2.49. The van der Waals surface area contributed by atoms with Crippen molar-refractivity contribution in [2.24, 2.45) is 0 Å². The molecule has 0 radical (unpaired) electrons. The Hall–Kier alpha value is -2.56. The monoisotopic (exact) mass is 314 g/mol. The summed E-state index contributed by atoms with van der Waals surface area (Å²) in [6.07, 6.45) is 0. The fourth-order valence-corrected chi connectivity index (χ4v) is 2.85. The van der Waals surface area contributed by atoms with Gasteiger partial charge in [0.05, 0.1) is 18.4 Å². The van der Waals surface area contributed by atoms with E-state index in [-0.39, 0.29) is 11.5 Å². The molecule has 1 amide bonds. The highest BCUT2D eigenvalue weighted by molar-refractivity contribution is 5.94. The molecule has 0 unspecified atom stereocenters. The highest BCUT2D eigenvalue weighted by Crippen LogP contribution is 2.28. The lowest BCUT2D eigenvalue weighted by Gasteiger charge is -2.36. The van der Waals surface area contributed by atoms with Crippen LogP contribution in [0.15, 0.2) is 48.5 Å². The Kier molecular flexibility index (Phi) is 4.46. The number of nitrogens with zero attached hydrogens (tertiary/aromatic N) is 2. The van der Waals surface area contributed by atoms with Gasteiger partial charge in [0.1, 0.15) is 11.6 Å². The van der Waals surface area contributed by atoms with Crippen LogP contribution in [0.2, 0.25) is 0 Å². The number of amides is 1. The summed E-state index contributed by atoms with van der Waals surface area (Å²) in [6.45, 7) is 2.51. The molecule has 1 heterocycles. The van der Waals surface area contributed by atoms with Crippen LogP contribution in [-0.2, 0) is 0 Å². The first-order chi connectivity index (χ1) is 11.2. The molecular weight excluding hydrogens is 295 g/mol. The zero-order chi connectivity index (χ0) is 16.2. The lowest BCUT2D eigenvalue weighted by atomic mass is 10.1. The Morgan fingerprint density at radius 3 is 2.35 bits per heavy atom. The Morgan fingerprint density at radius 1 is 1.00 bits per heavy atom. The summed E-state index contributed by atoms with van der Waals surface area (Å²) < 4.78 is 19.1. The van der Waals surface area contributed by atoms with E-state index in [4.69, 9.17) is 4.74 Å². The number of methoxy groups -OCH3 is 1. The van der Waals surface area contributed by atoms with Crippen molar-refractivity contribution in [1.29, 1.82) is 0 Å². The number of para-hydroxylation sites is 2. The normalized spacial score (nSPS) is 14.7. The van der Waals surface area contributed by atoms with E-state index >= 15 is 0 Å². The summed E-state index contributed by atoms with van der Waals surface area (Å²) in [5.41, 5.74) is 1.16. The zero-order valence-electron chi connectivity index (χ0n) is 13.0. The smallest absolute Gasteiger partial charge is 0.256 e. The number of carbonyl (C=O) groups is 1.